The summed E-state index contributed by atoms with van der Waals surface area (Å²) in [5, 5.41) is 0. The minimum absolute atomic E-state index is 0.110. The van der Waals surface area contributed by atoms with Crippen molar-refractivity contribution in [3.8, 4) is 0 Å². The molecule has 1 aromatic heterocycles. The molecule has 5 nitrogen and oxygen atoms in total. The van der Waals surface area contributed by atoms with Crippen molar-refractivity contribution in [2.24, 2.45) is 0 Å². The molecule has 0 saturated heterocycles. The van der Waals surface area contributed by atoms with Crippen molar-refractivity contribution in [1.82, 2.24) is 14.9 Å². The lowest BCUT2D eigenvalue weighted by atomic mass is 10.3. The average molecular weight is 239 g/mol. The number of aromatic amines is 1. The van der Waals surface area contributed by atoms with Crippen LogP contribution in [0, 0.1) is 0 Å². The third kappa shape index (κ3) is 4.66. The highest BCUT2D eigenvalue weighted by Crippen LogP contribution is 1.97. The first-order chi connectivity index (χ1) is 8.19. The molecule has 96 valence electrons. The molecule has 1 N–H and O–H groups in total. The molecule has 0 aromatic carbocycles. The highest BCUT2D eigenvalue weighted by atomic mass is 16.5. The Labute approximate surface area is 102 Å². The molecular formula is C12H21N3O2. The number of rotatable bonds is 7. The van der Waals surface area contributed by atoms with Crippen molar-refractivity contribution >= 4 is 0 Å². The number of H-pyrrole nitrogens is 1. The van der Waals surface area contributed by atoms with Crippen molar-refractivity contribution < 1.29 is 4.74 Å². The molecule has 0 aliphatic heterocycles. The van der Waals surface area contributed by atoms with Gasteiger partial charge in [0, 0.05) is 26.1 Å². The third-order valence-corrected chi connectivity index (χ3v) is 2.70. The van der Waals surface area contributed by atoms with Gasteiger partial charge in [0.25, 0.3) is 5.56 Å². The molecule has 1 aromatic rings. The second kappa shape index (κ2) is 7.19. The minimum atomic E-state index is -0.110. The predicted molar refractivity (Wildman–Crippen MR) is 67.1 cm³/mol. The van der Waals surface area contributed by atoms with Crippen LogP contribution in [0.15, 0.2) is 10.9 Å². The van der Waals surface area contributed by atoms with Crippen molar-refractivity contribution in [1.29, 1.82) is 0 Å². The van der Waals surface area contributed by atoms with E-state index < -0.39 is 0 Å². The van der Waals surface area contributed by atoms with Gasteiger partial charge in [0.2, 0.25) is 0 Å². The highest BCUT2D eigenvalue weighted by molar-refractivity contribution is 5.02. The Hall–Kier alpha value is -1.20. The van der Waals surface area contributed by atoms with Crippen molar-refractivity contribution in [2.45, 2.75) is 26.9 Å². The fourth-order valence-electron chi connectivity index (χ4n) is 1.71. The van der Waals surface area contributed by atoms with Gasteiger partial charge in [-0.25, -0.2) is 4.98 Å². The summed E-state index contributed by atoms with van der Waals surface area (Å²) in [6.07, 6.45) is 0.758. The van der Waals surface area contributed by atoms with Crippen LogP contribution in [0.2, 0.25) is 0 Å². The van der Waals surface area contributed by atoms with Crippen LogP contribution in [0.25, 0.3) is 0 Å². The van der Waals surface area contributed by atoms with Crippen LogP contribution in [-0.2, 0) is 17.8 Å². The number of aromatic nitrogens is 2. The topological polar surface area (TPSA) is 58.2 Å². The smallest absolute Gasteiger partial charge is 0.251 e. The predicted octanol–water partition coefficient (Wildman–Crippen LogP) is 0.801. The summed E-state index contributed by atoms with van der Waals surface area (Å²) in [6.45, 7) is 7.56. The van der Waals surface area contributed by atoms with Gasteiger partial charge in [0.15, 0.2) is 0 Å². The van der Waals surface area contributed by atoms with Crippen LogP contribution >= 0.6 is 0 Å². The molecule has 0 unspecified atom stereocenters. The molecule has 0 fully saturated rings. The van der Waals surface area contributed by atoms with Crippen LogP contribution in [0.5, 0.6) is 0 Å². The summed E-state index contributed by atoms with van der Waals surface area (Å²) >= 11 is 0. The largest absolute Gasteiger partial charge is 0.378 e. The first kappa shape index (κ1) is 13.9. The summed E-state index contributed by atoms with van der Waals surface area (Å²) in [4.78, 5) is 20.8. The normalized spacial score (nSPS) is 11.1. The number of methoxy groups -OCH3 is 1. The Morgan fingerprint density at radius 3 is 2.71 bits per heavy atom. The van der Waals surface area contributed by atoms with E-state index >= 15 is 0 Å². The van der Waals surface area contributed by atoms with E-state index in [1.54, 1.807) is 7.11 Å². The van der Waals surface area contributed by atoms with Crippen LogP contribution in [-0.4, -0.2) is 41.6 Å². The van der Waals surface area contributed by atoms with E-state index in [9.17, 15) is 4.79 Å². The summed E-state index contributed by atoms with van der Waals surface area (Å²) in [6, 6.07) is 1.48. The Morgan fingerprint density at radius 1 is 1.41 bits per heavy atom. The van der Waals surface area contributed by atoms with Gasteiger partial charge in [-0.15, -0.1) is 0 Å². The molecule has 0 saturated carbocycles. The van der Waals surface area contributed by atoms with E-state index in [1.165, 1.54) is 6.07 Å². The van der Waals surface area contributed by atoms with Gasteiger partial charge < -0.3 is 14.6 Å². The van der Waals surface area contributed by atoms with E-state index in [2.05, 4.69) is 28.7 Å². The molecule has 1 rings (SSSR count). The maximum absolute atomic E-state index is 11.4. The highest BCUT2D eigenvalue weighted by Gasteiger charge is 2.04. The molecule has 0 spiro atoms. The van der Waals surface area contributed by atoms with E-state index in [-0.39, 0.29) is 5.56 Å². The molecule has 1 heterocycles. The zero-order valence-electron chi connectivity index (χ0n) is 10.8. The van der Waals surface area contributed by atoms with Crippen molar-refractivity contribution in [3.63, 3.8) is 0 Å². The summed E-state index contributed by atoms with van der Waals surface area (Å²) < 4.78 is 4.98. The van der Waals surface area contributed by atoms with Gasteiger partial charge in [-0.1, -0.05) is 13.8 Å². The lowest BCUT2D eigenvalue weighted by molar-refractivity contribution is 0.181. The molecule has 17 heavy (non-hydrogen) atoms. The van der Waals surface area contributed by atoms with Crippen LogP contribution < -0.4 is 5.56 Å². The maximum atomic E-state index is 11.4. The van der Waals surface area contributed by atoms with Gasteiger partial charge in [-0.05, 0) is 13.1 Å². The third-order valence-electron chi connectivity index (χ3n) is 2.70. The molecular weight excluding hydrogens is 218 g/mol. The minimum Gasteiger partial charge on any atom is -0.378 e. The van der Waals surface area contributed by atoms with Crippen molar-refractivity contribution in [3.05, 3.63) is 27.9 Å². The number of nitrogens with one attached hydrogen (secondary N) is 1. The van der Waals surface area contributed by atoms with E-state index in [4.69, 9.17) is 4.74 Å². The van der Waals surface area contributed by atoms with Gasteiger partial charge >= 0.3 is 0 Å². The van der Waals surface area contributed by atoms with Gasteiger partial charge in [-0.3, -0.25) is 4.79 Å². The Kier molecular flexibility index (Phi) is 5.86. The average Bonchev–Trinajstić information content (AvgIpc) is 2.30. The van der Waals surface area contributed by atoms with Crippen LogP contribution in [0.4, 0.5) is 0 Å². The van der Waals surface area contributed by atoms with Gasteiger partial charge in [0.1, 0.15) is 5.82 Å². The Bertz CT molecular complexity index is 386. The van der Waals surface area contributed by atoms with E-state index in [0.29, 0.717) is 12.3 Å². The SMILES string of the molecule is CCN(CC)CCc1nc(COC)cc(=O)[nH]1. The summed E-state index contributed by atoms with van der Waals surface area (Å²) in [5.41, 5.74) is 0.576. The quantitative estimate of drug-likeness (QED) is 0.764. The molecule has 0 amide bonds. The number of hydrogen-bond donors (Lipinski definition) is 1. The number of likely N-dealkylation sites (N-methyl/N-ethyl adjacent to an activating group) is 1. The standard InChI is InChI=1S/C12H21N3O2/c1-4-15(5-2)7-6-11-13-10(9-17-3)8-12(16)14-11/h8H,4-7,9H2,1-3H3,(H,13,14,16). The lowest BCUT2D eigenvalue weighted by Crippen LogP contribution is -2.26. The molecule has 5 heteroatoms. The zero-order valence-corrected chi connectivity index (χ0v) is 10.8. The second-order valence-electron chi connectivity index (χ2n) is 3.89. The number of nitrogens with zero attached hydrogens (tertiary/aromatic N) is 2. The monoisotopic (exact) mass is 239 g/mol. The Balaban J connectivity index is 2.67. The van der Waals surface area contributed by atoms with Gasteiger partial charge in [-0.2, -0.15) is 0 Å². The van der Waals surface area contributed by atoms with E-state index in [0.717, 1.165) is 31.9 Å². The Morgan fingerprint density at radius 2 is 2.12 bits per heavy atom. The lowest BCUT2D eigenvalue weighted by Gasteiger charge is -2.17. The summed E-state index contributed by atoms with van der Waals surface area (Å²) in [7, 11) is 1.60. The van der Waals surface area contributed by atoms with Crippen LogP contribution in [0.1, 0.15) is 25.4 Å². The summed E-state index contributed by atoms with van der Waals surface area (Å²) in [5.74, 6) is 0.733. The number of ether oxygens (including phenoxy) is 1. The van der Waals surface area contributed by atoms with E-state index in [1.807, 2.05) is 0 Å². The fourth-order valence-corrected chi connectivity index (χ4v) is 1.71. The molecule has 0 radical (unpaired) electrons. The second-order valence-corrected chi connectivity index (χ2v) is 3.89. The first-order valence-electron chi connectivity index (χ1n) is 6.00. The van der Waals surface area contributed by atoms with Crippen LogP contribution in [0.3, 0.4) is 0 Å². The van der Waals surface area contributed by atoms with Gasteiger partial charge in [0.05, 0.1) is 12.3 Å². The molecule has 0 aliphatic carbocycles. The molecule has 0 bridgehead atoms. The fraction of sp³-hybridized carbons (Fsp3) is 0.667. The number of hydrogen-bond acceptors (Lipinski definition) is 4. The molecule has 0 aliphatic rings. The maximum Gasteiger partial charge on any atom is 0.251 e. The first-order valence-corrected chi connectivity index (χ1v) is 6.00. The molecule has 0 atom stereocenters. The van der Waals surface area contributed by atoms with Crippen molar-refractivity contribution in [2.75, 3.05) is 26.7 Å². The zero-order chi connectivity index (χ0) is 12.7.